The molecule has 2 amide bonds. The zero-order valence-corrected chi connectivity index (χ0v) is 13.0. The SMILES string of the molecule is CCN(CC(=O)Nc1sccc1C(N)=O)C(C)(C)C(=O)O. The number of hydrogen-bond donors (Lipinski definition) is 3. The van der Waals surface area contributed by atoms with Gasteiger partial charge in [-0.25, -0.2) is 0 Å². The maximum absolute atomic E-state index is 12.0. The minimum absolute atomic E-state index is 0.0914. The molecule has 1 heterocycles. The van der Waals surface area contributed by atoms with E-state index in [9.17, 15) is 19.5 Å². The van der Waals surface area contributed by atoms with Crippen LogP contribution in [-0.4, -0.2) is 46.4 Å². The van der Waals surface area contributed by atoms with Crippen molar-refractivity contribution >= 4 is 34.1 Å². The summed E-state index contributed by atoms with van der Waals surface area (Å²) < 4.78 is 0. The van der Waals surface area contributed by atoms with E-state index in [-0.39, 0.29) is 12.1 Å². The van der Waals surface area contributed by atoms with Crippen LogP contribution in [0.3, 0.4) is 0 Å². The van der Waals surface area contributed by atoms with Crippen molar-refractivity contribution in [2.45, 2.75) is 26.3 Å². The molecule has 0 aliphatic heterocycles. The predicted molar refractivity (Wildman–Crippen MR) is 80.4 cm³/mol. The lowest BCUT2D eigenvalue weighted by atomic mass is 10.0. The van der Waals surface area contributed by atoms with Crippen LogP contribution in [0.2, 0.25) is 0 Å². The van der Waals surface area contributed by atoms with Crippen molar-refractivity contribution in [1.29, 1.82) is 0 Å². The number of anilines is 1. The van der Waals surface area contributed by atoms with Gasteiger partial charge >= 0.3 is 5.97 Å². The summed E-state index contributed by atoms with van der Waals surface area (Å²) in [5.41, 5.74) is 4.29. The fourth-order valence-corrected chi connectivity index (χ4v) is 2.59. The number of thiophene rings is 1. The summed E-state index contributed by atoms with van der Waals surface area (Å²) in [5.74, 6) is -2.02. The molecule has 116 valence electrons. The number of rotatable bonds is 7. The van der Waals surface area contributed by atoms with Crippen molar-refractivity contribution in [1.82, 2.24) is 4.90 Å². The Bertz CT molecular complexity index is 553. The Morgan fingerprint density at radius 1 is 1.43 bits per heavy atom. The van der Waals surface area contributed by atoms with Crippen LogP contribution in [0.15, 0.2) is 11.4 Å². The second kappa shape index (κ2) is 6.68. The third-order valence-corrected chi connectivity index (χ3v) is 4.04. The predicted octanol–water partition coefficient (Wildman–Crippen LogP) is 0.971. The molecule has 0 atom stereocenters. The van der Waals surface area contributed by atoms with Crippen LogP contribution in [0.1, 0.15) is 31.1 Å². The molecule has 0 spiro atoms. The molecule has 0 bridgehead atoms. The van der Waals surface area contributed by atoms with E-state index in [0.29, 0.717) is 11.5 Å². The summed E-state index contributed by atoms with van der Waals surface area (Å²) in [5, 5.41) is 13.8. The van der Waals surface area contributed by atoms with Crippen LogP contribution in [0.5, 0.6) is 0 Å². The van der Waals surface area contributed by atoms with E-state index in [1.54, 1.807) is 12.3 Å². The van der Waals surface area contributed by atoms with Crippen molar-refractivity contribution in [3.8, 4) is 0 Å². The topological polar surface area (TPSA) is 113 Å². The van der Waals surface area contributed by atoms with Crippen molar-refractivity contribution in [3.05, 3.63) is 17.0 Å². The number of nitrogens with two attached hydrogens (primary N) is 1. The number of carboxylic acids is 1. The van der Waals surface area contributed by atoms with Crippen LogP contribution in [0, 0.1) is 0 Å². The highest BCUT2D eigenvalue weighted by Gasteiger charge is 2.34. The highest BCUT2D eigenvalue weighted by Crippen LogP contribution is 2.23. The van der Waals surface area contributed by atoms with Crippen molar-refractivity contribution in [3.63, 3.8) is 0 Å². The lowest BCUT2D eigenvalue weighted by Crippen LogP contribution is -2.52. The normalized spacial score (nSPS) is 11.4. The van der Waals surface area contributed by atoms with E-state index < -0.39 is 23.3 Å². The first kappa shape index (κ1) is 17.1. The van der Waals surface area contributed by atoms with E-state index in [0.717, 1.165) is 0 Å². The van der Waals surface area contributed by atoms with E-state index >= 15 is 0 Å². The third-order valence-electron chi connectivity index (χ3n) is 3.21. The lowest BCUT2D eigenvalue weighted by Gasteiger charge is -2.33. The van der Waals surface area contributed by atoms with Gasteiger partial charge in [-0.05, 0) is 31.8 Å². The van der Waals surface area contributed by atoms with Crippen LogP contribution in [-0.2, 0) is 9.59 Å². The molecule has 21 heavy (non-hydrogen) atoms. The molecule has 0 radical (unpaired) electrons. The second-order valence-electron chi connectivity index (χ2n) is 4.95. The minimum Gasteiger partial charge on any atom is -0.480 e. The van der Waals surface area contributed by atoms with Gasteiger partial charge in [0.15, 0.2) is 0 Å². The van der Waals surface area contributed by atoms with Crippen LogP contribution in [0.4, 0.5) is 5.00 Å². The number of nitrogens with zero attached hydrogens (tertiary/aromatic N) is 1. The summed E-state index contributed by atoms with van der Waals surface area (Å²) >= 11 is 1.19. The Kier molecular flexibility index (Phi) is 5.45. The highest BCUT2D eigenvalue weighted by molar-refractivity contribution is 7.14. The van der Waals surface area contributed by atoms with Crippen LogP contribution in [0.25, 0.3) is 0 Å². The molecule has 8 heteroatoms. The molecule has 0 aliphatic carbocycles. The number of carboxylic acid groups (broad SMARTS) is 1. The third kappa shape index (κ3) is 4.02. The summed E-state index contributed by atoms with van der Waals surface area (Å²) in [6.45, 7) is 5.15. The Morgan fingerprint density at radius 3 is 2.52 bits per heavy atom. The molecule has 1 rings (SSSR count). The molecule has 1 aromatic rings. The summed E-state index contributed by atoms with van der Waals surface area (Å²) in [4.78, 5) is 36.0. The molecular weight excluding hydrogens is 294 g/mol. The van der Waals surface area contributed by atoms with Gasteiger partial charge in [-0.3, -0.25) is 19.3 Å². The molecule has 1 aromatic heterocycles. The van der Waals surface area contributed by atoms with Gasteiger partial charge in [0.2, 0.25) is 5.91 Å². The lowest BCUT2D eigenvalue weighted by molar-refractivity contribution is -0.149. The van der Waals surface area contributed by atoms with Gasteiger partial charge in [-0.1, -0.05) is 6.92 Å². The van der Waals surface area contributed by atoms with E-state index in [4.69, 9.17) is 5.73 Å². The monoisotopic (exact) mass is 313 g/mol. The maximum atomic E-state index is 12.0. The number of amides is 2. The second-order valence-corrected chi connectivity index (χ2v) is 5.87. The molecule has 0 aliphatic rings. The standard InChI is InChI=1S/C13H19N3O4S/c1-4-16(13(2,3)12(19)20)7-9(17)15-11-8(10(14)18)5-6-21-11/h5-6H,4,7H2,1-3H3,(H2,14,18)(H,15,17)(H,19,20). The molecule has 7 nitrogen and oxygen atoms in total. The van der Waals surface area contributed by atoms with Gasteiger partial charge in [0, 0.05) is 0 Å². The highest BCUT2D eigenvalue weighted by atomic mass is 32.1. The summed E-state index contributed by atoms with van der Waals surface area (Å²) in [7, 11) is 0. The first-order chi connectivity index (χ1) is 9.70. The minimum atomic E-state index is -1.16. The van der Waals surface area contributed by atoms with Gasteiger partial charge in [-0.15, -0.1) is 11.3 Å². The number of likely N-dealkylation sites (N-methyl/N-ethyl adjacent to an activating group) is 1. The van der Waals surface area contributed by atoms with Crippen molar-refractivity contribution in [2.75, 3.05) is 18.4 Å². The van der Waals surface area contributed by atoms with E-state index in [1.807, 2.05) is 0 Å². The largest absolute Gasteiger partial charge is 0.480 e. The number of carbonyl (C=O) groups is 3. The fourth-order valence-electron chi connectivity index (χ4n) is 1.78. The van der Waals surface area contributed by atoms with Crippen molar-refractivity contribution < 1.29 is 19.5 Å². The molecule has 0 saturated heterocycles. The number of hydrogen-bond acceptors (Lipinski definition) is 5. The zero-order chi connectivity index (χ0) is 16.2. The van der Waals surface area contributed by atoms with E-state index in [2.05, 4.69) is 5.32 Å². The summed E-state index contributed by atoms with van der Waals surface area (Å²) in [6.07, 6.45) is 0. The number of nitrogens with one attached hydrogen (secondary N) is 1. The Balaban J connectivity index is 2.78. The Labute approximate surface area is 126 Å². The first-order valence-electron chi connectivity index (χ1n) is 6.35. The van der Waals surface area contributed by atoms with Gasteiger partial charge in [0.25, 0.3) is 5.91 Å². The fraction of sp³-hybridized carbons (Fsp3) is 0.462. The van der Waals surface area contributed by atoms with Crippen molar-refractivity contribution in [2.24, 2.45) is 5.73 Å². The Hall–Kier alpha value is -1.93. The van der Waals surface area contributed by atoms with Gasteiger partial charge in [0.1, 0.15) is 10.5 Å². The maximum Gasteiger partial charge on any atom is 0.323 e. The van der Waals surface area contributed by atoms with Crippen LogP contribution < -0.4 is 11.1 Å². The average Bonchev–Trinajstić information content (AvgIpc) is 2.83. The Morgan fingerprint density at radius 2 is 2.05 bits per heavy atom. The number of carbonyl (C=O) groups excluding carboxylic acids is 2. The van der Waals surface area contributed by atoms with Gasteiger partial charge in [0.05, 0.1) is 12.1 Å². The zero-order valence-electron chi connectivity index (χ0n) is 12.2. The van der Waals surface area contributed by atoms with Gasteiger partial charge in [-0.2, -0.15) is 0 Å². The summed E-state index contributed by atoms with van der Waals surface area (Å²) in [6, 6.07) is 1.53. The van der Waals surface area contributed by atoms with E-state index in [1.165, 1.54) is 36.2 Å². The quantitative estimate of drug-likeness (QED) is 0.694. The number of primary amides is 1. The molecule has 4 N–H and O–H groups in total. The number of aliphatic carboxylic acids is 1. The molecule has 0 fully saturated rings. The first-order valence-corrected chi connectivity index (χ1v) is 7.23. The average molecular weight is 313 g/mol. The molecule has 0 aromatic carbocycles. The van der Waals surface area contributed by atoms with Gasteiger partial charge < -0.3 is 16.2 Å². The molecular formula is C13H19N3O4S. The molecule has 0 saturated carbocycles. The smallest absolute Gasteiger partial charge is 0.323 e. The molecule has 0 unspecified atom stereocenters. The van der Waals surface area contributed by atoms with Crippen LogP contribution >= 0.6 is 11.3 Å².